The number of carbonyl (C=O) groups is 1. The molecule has 0 atom stereocenters. The average molecular weight is 114 g/mol. The highest BCUT2D eigenvalue weighted by atomic mass is 16.3. The third kappa shape index (κ3) is 0.699. The van der Waals surface area contributed by atoms with E-state index in [1.165, 1.54) is 0 Å². The molecular formula is C3H4N3O2+. The van der Waals surface area contributed by atoms with Gasteiger partial charge in [-0.1, -0.05) is 4.91 Å². The van der Waals surface area contributed by atoms with E-state index in [1.807, 2.05) is 0 Å². The zero-order chi connectivity index (χ0) is 5.98. The molecule has 5 nitrogen and oxygen atoms in total. The quantitative estimate of drug-likeness (QED) is 0.430. The van der Waals surface area contributed by atoms with E-state index in [1.54, 1.807) is 0 Å². The highest BCUT2D eigenvalue weighted by Gasteiger charge is 2.17. The molecule has 0 aromatic heterocycles. The molecule has 0 aromatic carbocycles. The number of nitroso groups, excluding NO2 is 1. The summed E-state index contributed by atoms with van der Waals surface area (Å²) in [5, 5.41) is 2.21. The Morgan fingerprint density at radius 3 is 3.00 bits per heavy atom. The average Bonchev–Trinajstić information content (AvgIpc) is 1.77. The molecule has 1 rings (SSSR count). The van der Waals surface area contributed by atoms with Crippen LogP contribution in [0.4, 0.5) is 4.79 Å². The van der Waals surface area contributed by atoms with Gasteiger partial charge in [0.1, 0.15) is 0 Å². The van der Waals surface area contributed by atoms with Gasteiger partial charge in [0, 0.05) is 4.76 Å². The Morgan fingerprint density at radius 1 is 1.88 bits per heavy atom. The number of rotatable bonds is 0. The van der Waals surface area contributed by atoms with Gasteiger partial charge in [0.2, 0.25) is 6.67 Å². The highest BCUT2D eigenvalue weighted by molar-refractivity contribution is 5.73. The molecular weight excluding hydrogens is 110 g/mol. The van der Waals surface area contributed by atoms with E-state index in [-0.39, 0.29) is 11.4 Å². The van der Waals surface area contributed by atoms with Gasteiger partial charge in [0.15, 0.2) is 0 Å². The van der Waals surface area contributed by atoms with Crippen LogP contribution in [0.1, 0.15) is 0 Å². The van der Waals surface area contributed by atoms with E-state index in [9.17, 15) is 9.70 Å². The van der Waals surface area contributed by atoms with E-state index in [2.05, 4.69) is 10.3 Å². The van der Waals surface area contributed by atoms with Gasteiger partial charge in [-0.2, -0.15) is 0 Å². The molecule has 0 unspecified atom stereocenters. The molecule has 0 saturated heterocycles. The summed E-state index contributed by atoms with van der Waals surface area (Å²) in [5.41, 5.74) is 0. The summed E-state index contributed by atoms with van der Waals surface area (Å²) < 4.78 is 0.142. The van der Waals surface area contributed by atoms with Crippen molar-refractivity contribution in [2.45, 2.75) is 0 Å². The van der Waals surface area contributed by atoms with Crippen LogP contribution in [0.2, 0.25) is 0 Å². The van der Waals surface area contributed by atoms with Crippen LogP contribution in [-0.2, 0) is 0 Å². The number of carbonyl (C=O) groups excluding carboxylic acids is 1. The van der Waals surface area contributed by atoms with Crippen LogP contribution in [0, 0.1) is 4.91 Å². The van der Waals surface area contributed by atoms with E-state index in [0.29, 0.717) is 0 Å². The largest absolute Gasteiger partial charge is 0.479 e. The normalized spacial score (nSPS) is 18.5. The van der Waals surface area contributed by atoms with Crippen LogP contribution in [0.15, 0.2) is 4.99 Å². The lowest BCUT2D eigenvalue weighted by molar-refractivity contribution is -0.316. The molecule has 0 fully saturated rings. The minimum atomic E-state index is -0.653. The lowest BCUT2D eigenvalue weighted by Crippen LogP contribution is -2.35. The van der Waals surface area contributed by atoms with Crippen molar-refractivity contribution < 1.29 is 9.55 Å². The van der Waals surface area contributed by atoms with Gasteiger partial charge in [0.25, 0.3) is 6.34 Å². The first-order valence-corrected chi connectivity index (χ1v) is 2.05. The molecule has 1 N–H and O–H groups in total. The minimum Gasteiger partial charge on any atom is -0.234 e. The number of urea groups is 1. The molecule has 0 aromatic rings. The fourth-order valence-electron chi connectivity index (χ4n) is 0.359. The van der Waals surface area contributed by atoms with E-state index in [0.717, 1.165) is 6.34 Å². The van der Waals surface area contributed by atoms with Crippen molar-refractivity contribution >= 4 is 12.4 Å². The second kappa shape index (κ2) is 1.69. The summed E-state index contributed by atoms with van der Waals surface area (Å²) in [4.78, 5) is 23.8. The number of nitrogens with one attached hydrogen (secondary N) is 1. The van der Waals surface area contributed by atoms with Crippen molar-refractivity contribution in [1.29, 1.82) is 0 Å². The summed E-state index contributed by atoms with van der Waals surface area (Å²) >= 11 is 0. The lowest BCUT2D eigenvalue weighted by atomic mass is 10.8. The highest BCUT2D eigenvalue weighted by Crippen LogP contribution is 1.78. The third-order valence-electron chi connectivity index (χ3n) is 0.708. The number of amides is 2. The Morgan fingerprint density at radius 2 is 2.62 bits per heavy atom. The maximum absolute atomic E-state index is 10.2. The monoisotopic (exact) mass is 114 g/mol. The van der Waals surface area contributed by atoms with E-state index >= 15 is 0 Å². The van der Waals surface area contributed by atoms with Gasteiger partial charge in [0.05, 0.1) is 0 Å². The smallest absolute Gasteiger partial charge is 0.234 e. The fraction of sp³-hybridized carbons (Fsp3) is 0.333. The Balaban J connectivity index is 2.75. The number of nitrogens with zero attached hydrogens (tertiary/aromatic N) is 2. The van der Waals surface area contributed by atoms with Gasteiger partial charge >= 0.3 is 6.03 Å². The van der Waals surface area contributed by atoms with Crippen molar-refractivity contribution in [2.24, 2.45) is 4.99 Å². The molecule has 0 bridgehead atoms. The van der Waals surface area contributed by atoms with Gasteiger partial charge in [-0.05, 0) is 0 Å². The molecule has 2 amide bonds. The van der Waals surface area contributed by atoms with Crippen molar-refractivity contribution in [2.75, 3.05) is 6.67 Å². The van der Waals surface area contributed by atoms with Crippen LogP contribution >= 0.6 is 0 Å². The minimum absolute atomic E-state index is 0.142. The molecule has 1 aliphatic rings. The molecule has 42 valence electrons. The first-order chi connectivity index (χ1) is 3.80. The molecule has 0 spiro atoms. The standard InChI is InChI=1S/C3H3N3O2/c7-3-5-1-4-2-6(3)8/h2H,1H2/p+1. The van der Waals surface area contributed by atoms with Gasteiger partial charge in [-0.25, -0.2) is 10.1 Å². The van der Waals surface area contributed by atoms with E-state index < -0.39 is 6.03 Å². The third-order valence-corrected chi connectivity index (χ3v) is 0.708. The van der Waals surface area contributed by atoms with Crippen molar-refractivity contribution in [1.82, 2.24) is 5.32 Å². The zero-order valence-corrected chi connectivity index (χ0v) is 4.00. The van der Waals surface area contributed by atoms with Crippen LogP contribution < -0.4 is 5.32 Å². The maximum atomic E-state index is 10.2. The Kier molecular flexibility index (Phi) is 1.03. The summed E-state index contributed by atoms with van der Waals surface area (Å²) in [6.07, 6.45) is 0.943. The van der Waals surface area contributed by atoms with Crippen LogP contribution in [0.3, 0.4) is 0 Å². The van der Waals surface area contributed by atoms with Gasteiger partial charge in [-0.3, -0.25) is 0 Å². The lowest BCUT2D eigenvalue weighted by Gasteiger charge is -1.92. The maximum Gasteiger partial charge on any atom is 0.479 e. The molecule has 1 heterocycles. The molecule has 0 saturated carbocycles. The number of aliphatic imine (C=N–C) groups is 1. The SMILES string of the molecule is O=C1NCN=C[N+]1=O. The molecule has 0 aliphatic carbocycles. The van der Waals surface area contributed by atoms with Crippen LogP contribution in [-0.4, -0.2) is 23.8 Å². The topological polar surface area (TPSA) is 61.5 Å². The molecule has 5 heteroatoms. The second-order valence-corrected chi connectivity index (χ2v) is 1.26. The molecule has 8 heavy (non-hydrogen) atoms. The predicted octanol–water partition coefficient (Wildman–Crippen LogP) is -0.526. The summed E-state index contributed by atoms with van der Waals surface area (Å²) in [7, 11) is 0. The fourth-order valence-corrected chi connectivity index (χ4v) is 0.359. The predicted molar refractivity (Wildman–Crippen MR) is 25.5 cm³/mol. The Labute approximate surface area is 45.0 Å². The Hall–Kier alpha value is -1.26. The van der Waals surface area contributed by atoms with Gasteiger partial charge in [-0.15, -0.1) is 4.99 Å². The summed E-state index contributed by atoms with van der Waals surface area (Å²) in [6, 6.07) is -0.653. The van der Waals surface area contributed by atoms with Crippen molar-refractivity contribution in [3.8, 4) is 0 Å². The summed E-state index contributed by atoms with van der Waals surface area (Å²) in [5.74, 6) is 0. The van der Waals surface area contributed by atoms with Crippen LogP contribution in [0.5, 0.6) is 0 Å². The van der Waals surface area contributed by atoms with Crippen molar-refractivity contribution in [3.05, 3.63) is 4.91 Å². The summed E-state index contributed by atoms with van der Waals surface area (Å²) in [6.45, 7) is 0.206. The second-order valence-electron chi connectivity index (χ2n) is 1.26. The van der Waals surface area contributed by atoms with Gasteiger partial charge < -0.3 is 0 Å². The Bertz CT molecular complexity index is 162. The first kappa shape index (κ1) is 4.89. The van der Waals surface area contributed by atoms with Crippen LogP contribution in [0.25, 0.3) is 0 Å². The zero-order valence-electron chi connectivity index (χ0n) is 4.00. The number of hydrogen-bond acceptors (Lipinski definition) is 3. The van der Waals surface area contributed by atoms with Crippen molar-refractivity contribution in [3.63, 3.8) is 0 Å². The number of hydrogen-bond donors (Lipinski definition) is 1. The first-order valence-electron chi connectivity index (χ1n) is 2.05. The molecule has 1 aliphatic heterocycles. The molecule has 0 radical (unpaired) electrons. The van der Waals surface area contributed by atoms with E-state index in [4.69, 9.17) is 0 Å².